The van der Waals surface area contributed by atoms with E-state index in [1.807, 2.05) is 0 Å². The molecule has 1 unspecified atom stereocenters. The van der Waals surface area contributed by atoms with Gasteiger partial charge in [-0.1, -0.05) is 0 Å². The minimum atomic E-state index is -1.01. The van der Waals surface area contributed by atoms with Gasteiger partial charge in [-0.05, 0) is 11.6 Å². The van der Waals surface area contributed by atoms with Crippen molar-refractivity contribution in [3.05, 3.63) is 33.9 Å². The van der Waals surface area contributed by atoms with Gasteiger partial charge in [0.15, 0.2) is 6.23 Å². The van der Waals surface area contributed by atoms with E-state index < -0.39 is 11.2 Å². The summed E-state index contributed by atoms with van der Waals surface area (Å²) in [4.78, 5) is 9.89. The number of hydrogen-bond donors (Lipinski definition) is 2. The fourth-order valence-corrected chi connectivity index (χ4v) is 1.50. The second kappa shape index (κ2) is 2.93. The van der Waals surface area contributed by atoms with Gasteiger partial charge in [0.1, 0.15) is 0 Å². The van der Waals surface area contributed by atoms with E-state index in [1.54, 1.807) is 0 Å². The average molecular weight is 196 g/mol. The molecule has 2 N–H and O–H groups in total. The highest BCUT2D eigenvalue weighted by molar-refractivity contribution is 5.61. The molecule has 6 heteroatoms. The predicted octanol–water partition coefficient (Wildman–Crippen LogP) is 0.665. The van der Waals surface area contributed by atoms with Crippen molar-refractivity contribution in [1.82, 2.24) is 0 Å². The second-order valence-corrected chi connectivity index (χ2v) is 3.10. The zero-order chi connectivity index (χ0) is 10.3. The van der Waals surface area contributed by atoms with Crippen molar-refractivity contribution in [3.8, 4) is 0 Å². The molecule has 1 atom stereocenters. The minimum absolute atomic E-state index is 0.100. The molecule has 0 saturated heterocycles. The van der Waals surface area contributed by atoms with E-state index in [4.69, 9.17) is 0 Å². The van der Waals surface area contributed by atoms with Crippen molar-refractivity contribution in [2.75, 3.05) is 5.06 Å². The molecule has 14 heavy (non-hydrogen) atoms. The number of nitro groups is 1. The van der Waals surface area contributed by atoms with E-state index in [2.05, 4.69) is 0 Å². The SMILES string of the molecule is O=[N+]([O-])c1ccc2c(c1)N(O)C(O)C2. The minimum Gasteiger partial charge on any atom is -0.371 e. The Bertz CT molecular complexity index is 393. The summed E-state index contributed by atoms with van der Waals surface area (Å²) in [6, 6.07) is 4.13. The number of hydroxylamine groups is 1. The molecule has 0 spiro atoms. The lowest BCUT2D eigenvalue weighted by molar-refractivity contribution is -0.384. The number of hydrogen-bond acceptors (Lipinski definition) is 5. The van der Waals surface area contributed by atoms with E-state index in [-0.39, 0.29) is 12.1 Å². The van der Waals surface area contributed by atoms with Gasteiger partial charge in [0.25, 0.3) is 5.69 Å². The maximum Gasteiger partial charge on any atom is 0.271 e. The van der Waals surface area contributed by atoms with Crippen LogP contribution in [0, 0.1) is 10.1 Å². The van der Waals surface area contributed by atoms with Gasteiger partial charge in [0.2, 0.25) is 0 Å². The van der Waals surface area contributed by atoms with Crippen LogP contribution in [0.15, 0.2) is 18.2 Å². The van der Waals surface area contributed by atoms with Gasteiger partial charge in [-0.25, -0.2) is 5.06 Å². The van der Waals surface area contributed by atoms with Crippen molar-refractivity contribution < 1.29 is 15.2 Å². The van der Waals surface area contributed by atoms with E-state index in [9.17, 15) is 20.4 Å². The zero-order valence-corrected chi connectivity index (χ0v) is 7.12. The van der Waals surface area contributed by atoms with Crippen molar-refractivity contribution in [3.63, 3.8) is 0 Å². The third-order valence-corrected chi connectivity index (χ3v) is 2.21. The van der Waals surface area contributed by atoms with Crippen LogP contribution in [0.5, 0.6) is 0 Å². The summed E-state index contributed by atoms with van der Waals surface area (Å²) >= 11 is 0. The van der Waals surface area contributed by atoms with E-state index >= 15 is 0 Å². The van der Waals surface area contributed by atoms with E-state index in [1.165, 1.54) is 18.2 Å². The Labute approximate surface area is 79.1 Å². The lowest BCUT2D eigenvalue weighted by Gasteiger charge is -2.13. The second-order valence-electron chi connectivity index (χ2n) is 3.10. The third kappa shape index (κ3) is 1.21. The summed E-state index contributed by atoms with van der Waals surface area (Å²) < 4.78 is 0. The molecule has 6 nitrogen and oxygen atoms in total. The van der Waals surface area contributed by atoms with Gasteiger partial charge in [-0.2, -0.15) is 0 Å². The molecule has 0 aliphatic carbocycles. The van der Waals surface area contributed by atoms with Crippen LogP contribution >= 0.6 is 0 Å². The number of nitro benzene ring substituents is 1. The Balaban J connectivity index is 2.46. The first kappa shape index (κ1) is 8.92. The first-order chi connectivity index (χ1) is 6.59. The summed E-state index contributed by atoms with van der Waals surface area (Å²) in [6.45, 7) is 0. The van der Waals surface area contributed by atoms with Crippen molar-refractivity contribution >= 4 is 11.4 Å². The van der Waals surface area contributed by atoms with Gasteiger partial charge < -0.3 is 5.11 Å². The summed E-state index contributed by atoms with van der Waals surface area (Å²) in [5, 5.41) is 29.6. The summed E-state index contributed by atoms with van der Waals surface area (Å²) in [6.07, 6.45) is -0.726. The lowest BCUT2D eigenvalue weighted by atomic mass is 10.1. The van der Waals surface area contributed by atoms with Crippen LogP contribution in [0.2, 0.25) is 0 Å². The number of benzene rings is 1. The molecule has 2 rings (SSSR count). The molecule has 1 aliphatic heterocycles. The van der Waals surface area contributed by atoms with Crippen molar-refractivity contribution in [2.45, 2.75) is 12.6 Å². The summed E-state index contributed by atoms with van der Waals surface area (Å²) in [7, 11) is 0. The number of fused-ring (bicyclic) bond motifs is 1. The van der Waals surface area contributed by atoms with Crippen LogP contribution in [0.3, 0.4) is 0 Å². The molecule has 1 aliphatic rings. The monoisotopic (exact) mass is 196 g/mol. The van der Waals surface area contributed by atoms with Gasteiger partial charge in [-0.3, -0.25) is 15.3 Å². The number of nitrogens with zero attached hydrogens (tertiary/aromatic N) is 2. The number of aliphatic hydroxyl groups is 1. The van der Waals surface area contributed by atoms with Crippen LogP contribution < -0.4 is 5.06 Å². The molecule has 1 aromatic carbocycles. The van der Waals surface area contributed by atoms with E-state index in [0.29, 0.717) is 16.3 Å². The van der Waals surface area contributed by atoms with Gasteiger partial charge >= 0.3 is 0 Å². The van der Waals surface area contributed by atoms with Crippen LogP contribution in [0.1, 0.15) is 5.56 Å². The van der Waals surface area contributed by atoms with Crippen LogP contribution in [0.25, 0.3) is 0 Å². The standard InChI is InChI=1S/C8H8N2O4/c11-8-3-5-1-2-6(10(13)14)4-7(5)9(8)12/h1-2,4,8,11-12H,3H2. The number of rotatable bonds is 1. The first-order valence-corrected chi connectivity index (χ1v) is 4.03. The van der Waals surface area contributed by atoms with E-state index in [0.717, 1.165) is 0 Å². The Morgan fingerprint density at radius 1 is 1.57 bits per heavy atom. The molecule has 0 bridgehead atoms. The molecule has 0 amide bonds. The quantitative estimate of drug-likeness (QED) is 0.509. The molecule has 1 heterocycles. The van der Waals surface area contributed by atoms with Gasteiger partial charge in [0, 0.05) is 18.6 Å². The molecule has 1 aromatic rings. The maximum absolute atomic E-state index is 10.4. The van der Waals surface area contributed by atoms with Crippen LogP contribution in [0.4, 0.5) is 11.4 Å². The lowest BCUT2D eigenvalue weighted by Crippen LogP contribution is -2.27. The molecule has 0 aromatic heterocycles. The number of aliphatic hydroxyl groups excluding tert-OH is 1. The Morgan fingerprint density at radius 2 is 2.29 bits per heavy atom. The third-order valence-electron chi connectivity index (χ3n) is 2.21. The molecular weight excluding hydrogens is 188 g/mol. The normalized spacial score (nSPS) is 19.6. The highest BCUT2D eigenvalue weighted by Gasteiger charge is 2.28. The topological polar surface area (TPSA) is 86.8 Å². The van der Waals surface area contributed by atoms with Gasteiger partial charge in [0.05, 0.1) is 10.6 Å². The van der Waals surface area contributed by atoms with Gasteiger partial charge in [-0.15, -0.1) is 0 Å². The zero-order valence-electron chi connectivity index (χ0n) is 7.12. The first-order valence-electron chi connectivity index (χ1n) is 4.03. The Kier molecular flexibility index (Phi) is 1.87. The Hall–Kier alpha value is -1.66. The average Bonchev–Trinajstić information content (AvgIpc) is 2.43. The van der Waals surface area contributed by atoms with Crippen LogP contribution in [-0.4, -0.2) is 21.5 Å². The highest BCUT2D eigenvalue weighted by atomic mass is 16.6. The Morgan fingerprint density at radius 3 is 2.93 bits per heavy atom. The summed E-state index contributed by atoms with van der Waals surface area (Å²) in [5.74, 6) is 0. The molecular formula is C8H8N2O4. The number of anilines is 1. The van der Waals surface area contributed by atoms with Crippen molar-refractivity contribution in [2.24, 2.45) is 0 Å². The molecule has 0 fully saturated rings. The van der Waals surface area contributed by atoms with Crippen molar-refractivity contribution in [1.29, 1.82) is 0 Å². The molecule has 74 valence electrons. The maximum atomic E-state index is 10.4. The largest absolute Gasteiger partial charge is 0.371 e. The number of non-ortho nitro benzene ring substituents is 1. The fraction of sp³-hybridized carbons (Fsp3) is 0.250. The summed E-state index contributed by atoms with van der Waals surface area (Å²) in [5.41, 5.74) is 0.897. The van der Waals surface area contributed by atoms with Crippen LogP contribution in [-0.2, 0) is 6.42 Å². The predicted molar refractivity (Wildman–Crippen MR) is 47.1 cm³/mol. The fourth-order valence-electron chi connectivity index (χ4n) is 1.50. The molecule has 0 saturated carbocycles. The highest BCUT2D eigenvalue weighted by Crippen LogP contribution is 2.32. The smallest absolute Gasteiger partial charge is 0.271 e. The molecule has 0 radical (unpaired) electrons.